The van der Waals surface area contributed by atoms with Crippen molar-refractivity contribution in [3.8, 4) is 22.8 Å². The minimum Gasteiger partial charge on any atom is -0.493 e. The van der Waals surface area contributed by atoms with E-state index in [0.717, 1.165) is 26.9 Å². The van der Waals surface area contributed by atoms with Crippen molar-refractivity contribution < 1.29 is 14.3 Å². The lowest BCUT2D eigenvalue weighted by Crippen LogP contribution is -2.21. The molecule has 0 atom stereocenters. The minimum atomic E-state index is -0.240. The fraction of sp³-hybridized carbons (Fsp3) is 0.0741. The van der Waals surface area contributed by atoms with Crippen LogP contribution in [0.3, 0.4) is 0 Å². The van der Waals surface area contributed by atoms with Crippen LogP contribution in [-0.4, -0.2) is 30.8 Å². The number of halogens is 1. The number of ether oxygens (including phenoxy) is 2. The maximum Gasteiger partial charge on any atom is 0.283 e. The molecule has 6 nitrogen and oxygen atoms in total. The van der Waals surface area contributed by atoms with Crippen LogP contribution in [0.1, 0.15) is 11.1 Å². The van der Waals surface area contributed by atoms with Crippen molar-refractivity contribution in [3.63, 3.8) is 0 Å². The Morgan fingerprint density at radius 3 is 2.37 bits per heavy atom. The summed E-state index contributed by atoms with van der Waals surface area (Å²) in [6.45, 7) is 0. The highest BCUT2D eigenvalue weighted by Gasteiger charge is 2.33. The van der Waals surface area contributed by atoms with E-state index in [1.165, 1.54) is 16.3 Å². The zero-order valence-corrected chi connectivity index (χ0v) is 21.3. The van der Waals surface area contributed by atoms with Gasteiger partial charge in [-0.25, -0.2) is 4.98 Å². The maximum atomic E-state index is 13.6. The molecule has 4 aromatic rings. The molecule has 1 aliphatic rings. The zero-order chi connectivity index (χ0) is 24.4. The molecule has 1 amide bonds. The molecule has 174 valence electrons. The van der Waals surface area contributed by atoms with Gasteiger partial charge in [-0.3, -0.25) is 4.79 Å². The molecule has 8 heteroatoms. The third kappa shape index (κ3) is 4.62. The van der Waals surface area contributed by atoms with E-state index in [0.29, 0.717) is 27.9 Å². The first-order valence-corrected chi connectivity index (χ1v) is 12.4. The predicted molar refractivity (Wildman–Crippen MR) is 143 cm³/mol. The van der Waals surface area contributed by atoms with Gasteiger partial charge in [0.15, 0.2) is 11.5 Å². The van der Waals surface area contributed by atoms with Crippen LogP contribution in [0.5, 0.6) is 11.5 Å². The molecule has 3 aromatic carbocycles. The van der Waals surface area contributed by atoms with Gasteiger partial charge in [0.1, 0.15) is 5.71 Å². The molecule has 0 bridgehead atoms. The van der Waals surface area contributed by atoms with Gasteiger partial charge in [0, 0.05) is 21.0 Å². The van der Waals surface area contributed by atoms with Crippen molar-refractivity contribution in [3.05, 3.63) is 99.3 Å². The van der Waals surface area contributed by atoms with E-state index in [-0.39, 0.29) is 5.91 Å². The molecule has 2 heterocycles. The number of nitrogens with zero attached hydrogens (tertiary/aromatic N) is 3. The SMILES string of the molecule is COc1ccc(/C=C2/C(=O)N(c3nc(-c4ccc(Br)cc4)cs3)N=C2c2ccccc2)cc1OC. The van der Waals surface area contributed by atoms with Crippen LogP contribution >= 0.6 is 27.3 Å². The number of hydrogen-bond donors (Lipinski definition) is 0. The number of thiazole rings is 1. The van der Waals surface area contributed by atoms with Gasteiger partial charge in [-0.05, 0) is 35.9 Å². The Kier molecular flexibility index (Phi) is 6.48. The van der Waals surface area contributed by atoms with Crippen LogP contribution in [0.15, 0.2) is 93.3 Å². The van der Waals surface area contributed by atoms with Gasteiger partial charge in [-0.15, -0.1) is 11.3 Å². The van der Waals surface area contributed by atoms with E-state index in [9.17, 15) is 4.79 Å². The monoisotopic (exact) mass is 545 g/mol. The molecule has 0 aliphatic carbocycles. The summed E-state index contributed by atoms with van der Waals surface area (Å²) in [6.07, 6.45) is 1.82. The minimum absolute atomic E-state index is 0.240. The number of rotatable bonds is 6. The molecular weight excluding hydrogens is 526 g/mol. The van der Waals surface area contributed by atoms with E-state index < -0.39 is 0 Å². The Balaban J connectivity index is 1.55. The number of hydrazone groups is 1. The van der Waals surface area contributed by atoms with Crippen molar-refractivity contribution in [1.82, 2.24) is 4.98 Å². The van der Waals surface area contributed by atoms with Gasteiger partial charge >= 0.3 is 0 Å². The van der Waals surface area contributed by atoms with Crippen molar-refractivity contribution >= 4 is 50.1 Å². The second-order valence-corrected chi connectivity index (χ2v) is 9.38. The van der Waals surface area contributed by atoms with Crippen LogP contribution < -0.4 is 14.5 Å². The van der Waals surface area contributed by atoms with E-state index in [1.807, 2.05) is 84.3 Å². The Hall–Kier alpha value is -3.75. The lowest BCUT2D eigenvalue weighted by molar-refractivity contribution is -0.114. The van der Waals surface area contributed by atoms with Crippen LogP contribution in [-0.2, 0) is 4.79 Å². The molecule has 35 heavy (non-hydrogen) atoms. The number of carbonyl (C=O) groups excluding carboxylic acids is 1. The highest BCUT2D eigenvalue weighted by molar-refractivity contribution is 9.10. The van der Waals surface area contributed by atoms with Gasteiger partial charge in [-0.1, -0.05) is 64.5 Å². The summed E-state index contributed by atoms with van der Waals surface area (Å²) >= 11 is 4.83. The topological polar surface area (TPSA) is 64.0 Å². The van der Waals surface area contributed by atoms with Crippen LogP contribution in [0, 0.1) is 0 Å². The highest BCUT2D eigenvalue weighted by atomic mass is 79.9. The second-order valence-electron chi connectivity index (χ2n) is 7.63. The van der Waals surface area contributed by atoms with Gasteiger partial charge < -0.3 is 9.47 Å². The largest absolute Gasteiger partial charge is 0.493 e. The predicted octanol–water partition coefficient (Wildman–Crippen LogP) is 6.42. The first-order chi connectivity index (χ1) is 17.1. The van der Waals surface area contributed by atoms with Gasteiger partial charge in [0.05, 0.1) is 25.5 Å². The third-order valence-electron chi connectivity index (χ3n) is 5.46. The summed E-state index contributed by atoms with van der Waals surface area (Å²) in [5, 5.41) is 8.52. The number of aromatic nitrogens is 1. The molecule has 0 saturated heterocycles. The van der Waals surface area contributed by atoms with Gasteiger partial charge in [0.25, 0.3) is 5.91 Å². The molecular formula is C27H20BrN3O3S. The average Bonchev–Trinajstić information content (AvgIpc) is 3.50. The summed E-state index contributed by atoms with van der Waals surface area (Å²) in [5.74, 6) is 0.964. The van der Waals surface area contributed by atoms with Crippen molar-refractivity contribution in [2.45, 2.75) is 0 Å². The smallest absolute Gasteiger partial charge is 0.283 e. The second kappa shape index (κ2) is 9.85. The van der Waals surface area contributed by atoms with Gasteiger partial charge in [0.2, 0.25) is 5.13 Å². The molecule has 0 radical (unpaired) electrons. The Bertz CT molecular complexity index is 1450. The number of methoxy groups -OCH3 is 2. The maximum absolute atomic E-state index is 13.6. The molecule has 0 saturated carbocycles. The van der Waals surface area contributed by atoms with Crippen LogP contribution in [0.25, 0.3) is 17.3 Å². The molecule has 0 N–H and O–H groups in total. The fourth-order valence-electron chi connectivity index (χ4n) is 3.71. The van der Waals surface area contributed by atoms with Crippen molar-refractivity contribution in [2.75, 3.05) is 19.2 Å². The first-order valence-electron chi connectivity index (χ1n) is 10.7. The molecule has 1 aliphatic heterocycles. The van der Waals surface area contributed by atoms with Crippen LogP contribution in [0.2, 0.25) is 0 Å². The zero-order valence-electron chi connectivity index (χ0n) is 18.9. The van der Waals surface area contributed by atoms with E-state index >= 15 is 0 Å². The highest BCUT2D eigenvalue weighted by Crippen LogP contribution is 2.34. The van der Waals surface area contributed by atoms with Crippen molar-refractivity contribution in [1.29, 1.82) is 0 Å². The molecule has 0 unspecified atom stereocenters. The normalized spacial score (nSPS) is 14.4. The van der Waals surface area contributed by atoms with E-state index in [4.69, 9.17) is 19.6 Å². The third-order valence-corrected chi connectivity index (χ3v) is 6.80. The molecule has 0 spiro atoms. The number of hydrogen-bond acceptors (Lipinski definition) is 6. The molecule has 5 rings (SSSR count). The summed E-state index contributed by atoms with van der Waals surface area (Å²) < 4.78 is 11.8. The summed E-state index contributed by atoms with van der Waals surface area (Å²) in [5.41, 5.74) is 4.47. The quantitative estimate of drug-likeness (QED) is 0.262. The molecule has 1 aromatic heterocycles. The number of amides is 1. The fourth-order valence-corrected chi connectivity index (χ4v) is 4.75. The number of benzene rings is 3. The van der Waals surface area contributed by atoms with E-state index in [1.54, 1.807) is 14.2 Å². The van der Waals surface area contributed by atoms with E-state index in [2.05, 4.69) is 15.9 Å². The molecule has 0 fully saturated rings. The number of anilines is 1. The van der Waals surface area contributed by atoms with Crippen molar-refractivity contribution in [2.24, 2.45) is 5.10 Å². The standard InChI is InChI=1S/C27H20BrN3O3S/c1-33-23-13-8-17(15-24(23)34-2)14-21-25(19-6-4-3-5-7-19)30-31(26(21)32)27-29-22(16-35-27)18-9-11-20(28)12-10-18/h3-16H,1-2H3/b21-14+. The van der Waals surface area contributed by atoms with Gasteiger partial charge in [-0.2, -0.15) is 10.1 Å². The lowest BCUT2D eigenvalue weighted by Gasteiger charge is -2.09. The summed E-state index contributed by atoms with van der Waals surface area (Å²) in [4.78, 5) is 18.3. The Labute approximate surface area is 215 Å². The lowest BCUT2D eigenvalue weighted by atomic mass is 10.00. The van der Waals surface area contributed by atoms with Crippen LogP contribution in [0.4, 0.5) is 5.13 Å². The average molecular weight is 546 g/mol. The number of carbonyl (C=O) groups is 1. The Morgan fingerprint density at radius 1 is 0.914 bits per heavy atom. The first kappa shape index (κ1) is 23.0. The summed E-state index contributed by atoms with van der Waals surface area (Å²) in [6, 6.07) is 23.1. The summed E-state index contributed by atoms with van der Waals surface area (Å²) in [7, 11) is 3.17. The Morgan fingerprint density at radius 2 is 1.66 bits per heavy atom.